The van der Waals surface area contributed by atoms with Crippen LogP contribution in [0.2, 0.25) is 0 Å². The summed E-state index contributed by atoms with van der Waals surface area (Å²) in [6, 6.07) is 11.7. The van der Waals surface area contributed by atoms with Crippen molar-refractivity contribution in [2.45, 2.75) is 26.4 Å². The first-order valence-electron chi connectivity index (χ1n) is 9.60. The van der Waals surface area contributed by atoms with Crippen LogP contribution in [0, 0.1) is 0 Å². The summed E-state index contributed by atoms with van der Waals surface area (Å²) >= 11 is 0. The molecule has 2 aromatic carbocycles. The van der Waals surface area contributed by atoms with E-state index < -0.39 is 0 Å². The minimum Gasteiger partial charge on any atom is -0.497 e. The zero-order chi connectivity index (χ0) is 21.1. The second-order valence-corrected chi connectivity index (χ2v) is 6.29. The molecule has 7 nitrogen and oxygen atoms in total. The molecule has 0 aromatic heterocycles. The first-order chi connectivity index (χ1) is 14.1. The van der Waals surface area contributed by atoms with Crippen LogP contribution in [0.5, 0.6) is 23.0 Å². The molecule has 0 fully saturated rings. The van der Waals surface area contributed by atoms with E-state index in [0.717, 1.165) is 40.5 Å². The standard InChI is InChI=1S/C22H31N3O4/c1-6-11-29-19-10-7-16(12-21(19)28-5)14-24-22(23-2)25-15-17-8-9-18(26-3)13-20(17)27-4/h7-10,12-13H,6,11,14-15H2,1-5H3,(H2,23,24,25). The van der Waals surface area contributed by atoms with Crippen LogP contribution in [0.1, 0.15) is 24.5 Å². The van der Waals surface area contributed by atoms with Gasteiger partial charge in [0.05, 0.1) is 27.9 Å². The summed E-state index contributed by atoms with van der Waals surface area (Å²) in [5.41, 5.74) is 2.08. The molecule has 0 amide bonds. The van der Waals surface area contributed by atoms with Gasteiger partial charge in [-0.3, -0.25) is 4.99 Å². The van der Waals surface area contributed by atoms with Crippen LogP contribution in [0.3, 0.4) is 0 Å². The molecule has 2 rings (SSSR count). The molecule has 7 heteroatoms. The van der Waals surface area contributed by atoms with Crippen molar-refractivity contribution in [1.29, 1.82) is 0 Å². The Morgan fingerprint density at radius 2 is 1.62 bits per heavy atom. The van der Waals surface area contributed by atoms with E-state index >= 15 is 0 Å². The van der Waals surface area contributed by atoms with E-state index in [0.29, 0.717) is 25.7 Å². The highest BCUT2D eigenvalue weighted by Crippen LogP contribution is 2.28. The number of hydrogen-bond acceptors (Lipinski definition) is 5. The maximum Gasteiger partial charge on any atom is 0.191 e. The lowest BCUT2D eigenvalue weighted by atomic mass is 10.2. The number of rotatable bonds is 10. The molecule has 0 spiro atoms. The topological polar surface area (TPSA) is 73.3 Å². The van der Waals surface area contributed by atoms with E-state index in [2.05, 4.69) is 22.5 Å². The van der Waals surface area contributed by atoms with Crippen LogP contribution in [0.25, 0.3) is 0 Å². The molecule has 0 radical (unpaired) electrons. The van der Waals surface area contributed by atoms with Gasteiger partial charge >= 0.3 is 0 Å². The number of benzene rings is 2. The van der Waals surface area contributed by atoms with Gasteiger partial charge in [0.1, 0.15) is 11.5 Å². The van der Waals surface area contributed by atoms with Gasteiger partial charge in [0.2, 0.25) is 0 Å². The molecule has 0 heterocycles. The Kier molecular flexibility index (Phi) is 8.95. The zero-order valence-corrected chi connectivity index (χ0v) is 17.9. The first kappa shape index (κ1) is 22.2. The molecular formula is C22H31N3O4. The zero-order valence-electron chi connectivity index (χ0n) is 17.9. The number of guanidine groups is 1. The Morgan fingerprint density at radius 3 is 2.28 bits per heavy atom. The number of nitrogens with zero attached hydrogens (tertiary/aromatic N) is 1. The monoisotopic (exact) mass is 401 g/mol. The highest BCUT2D eigenvalue weighted by molar-refractivity contribution is 5.79. The van der Waals surface area contributed by atoms with Gasteiger partial charge in [-0.1, -0.05) is 13.0 Å². The summed E-state index contributed by atoms with van der Waals surface area (Å²) in [6.07, 6.45) is 0.952. The number of hydrogen-bond donors (Lipinski definition) is 2. The van der Waals surface area contributed by atoms with Crippen molar-refractivity contribution in [3.63, 3.8) is 0 Å². The number of methoxy groups -OCH3 is 3. The molecule has 2 N–H and O–H groups in total. The lowest BCUT2D eigenvalue weighted by Gasteiger charge is -2.15. The predicted octanol–water partition coefficient (Wildman–Crippen LogP) is 3.37. The van der Waals surface area contributed by atoms with E-state index in [1.54, 1.807) is 28.4 Å². The van der Waals surface area contributed by atoms with Crippen molar-refractivity contribution in [3.05, 3.63) is 47.5 Å². The SMILES string of the molecule is CCCOc1ccc(CNC(=NC)NCc2ccc(OC)cc2OC)cc1OC. The van der Waals surface area contributed by atoms with Gasteiger partial charge in [0, 0.05) is 31.8 Å². The maximum absolute atomic E-state index is 5.70. The molecule has 29 heavy (non-hydrogen) atoms. The highest BCUT2D eigenvalue weighted by Gasteiger charge is 2.08. The molecule has 0 saturated heterocycles. The van der Waals surface area contributed by atoms with E-state index in [4.69, 9.17) is 18.9 Å². The van der Waals surface area contributed by atoms with Gasteiger partial charge in [0.15, 0.2) is 17.5 Å². The second kappa shape index (κ2) is 11.7. The molecule has 0 unspecified atom stereocenters. The Hall–Kier alpha value is -3.09. The van der Waals surface area contributed by atoms with Crippen molar-refractivity contribution in [2.75, 3.05) is 35.0 Å². The minimum absolute atomic E-state index is 0.569. The summed E-state index contributed by atoms with van der Waals surface area (Å²) in [7, 11) is 6.67. The number of aliphatic imine (C=N–C) groups is 1. The highest BCUT2D eigenvalue weighted by atomic mass is 16.5. The van der Waals surface area contributed by atoms with Crippen LogP contribution >= 0.6 is 0 Å². The van der Waals surface area contributed by atoms with Gasteiger partial charge in [-0.25, -0.2) is 0 Å². The van der Waals surface area contributed by atoms with Crippen molar-refractivity contribution >= 4 is 5.96 Å². The predicted molar refractivity (Wildman–Crippen MR) is 115 cm³/mol. The van der Waals surface area contributed by atoms with Crippen LogP contribution in [-0.2, 0) is 13.1 Å². The van der Waals surface area contributed by atoms with Crippen LogP contribution in [-0.4, -0.2) is 40.9 Å². The fourth-order valence-corrected chi connectivity index (χ4v) is 2.74. The Morgan fingerprint density at radius 1 is 0.862 bits per heavy atom. The minimum atomic E-state index is 0.569. The Balaban J connectivity index is 1.96. The quantitative estimate of drug-likeness (QED) is 0.470. The molecule has 0 aliphatic heterocycles. The summed E-state index contributed by atoms with van der Waals surface area (Å²) in [5.74, 6) is 3.69. The molecule has 0 bridgehead atoms. The van der Waals surface area contributed by atoms with Crippen molar-refractivity contribution in [3.8, 4) is 23.0 Å². The summed E-state index contributed by atoms with van der Waals surface area (Å²) < 4.78 is 21.8. The fraction of sp³-hybridized carbons (Fsp3) is 0.409. The first-order valence-corrected chi connectivity index (χ1v) is 9.60. The van der Waals surface area contributed by atoms with Crippen molar-refractivity contribution < 1.29 is 18.9 Å². The van der Waals surface area contributed by atoms with Crippen LogP contribution in [0.15, 0.2) is 41.4 Å². The summed E-state index contributed by atoms with van der Waals surface area (Å²) in [6.45, 7) is 3.91. The number of nitrogens with one attached hydrogen (secondary N) is 2. The third kappa shape index (κ3) is 6.48. The fourth-order valence-electron chi connectivity index (χ4n) is 2.74. The molecule has 0 saturated carbocycles. The van der Waals surface area contributed by atoms with E-state index in [-0.39, 0.29) is 0 Å². The summed E-state index contributed by atoms with van der Waals surface area (Å²) in [5, 5.41) is 6.61. The third-order valence-corrected chi connectivity index (χ3v) is 4.31. The maximum atomic E-state index is 5.70. The van der Waals surface area contributed by atoms with Crippen molar-refractivity contribution in [1.82, 2.24) is 10.6 Å². The molecular weight excluding hydrogens is 370 g/mol. The average molecular weight is 402 g/mol. The molecule has 0 atom stereocenters. The van der Waals surface area contributed by atoms with Gasteiger partial charge in [0.25, 0.3) is 0 Å². The summed E-state index contributed by atoms with van der Waals surface area (Å²) in [4.78, 5) is 4.28. The Bertz CT molecular complexity index is 809. The molecule has 0 aliphatic rings. The lowest BCUT2D eigenvalue weighted by molar-refractivity contribution is 0.294. The van der Waals surface area contributed by atoms with Crippen LogP contribution < -0.4 is 29.6 Å². The normalized spacial score (nSPS) is 11.0. The van der Waals surface area contributed by atoms with Gasteiger partial charge < -0.3 is 29.6 Å². The largest absolute Gasteiger partial charge is 0.497 e. The third-order valence-electron chi connectivity index (χ3n) is 4.31. The van der Waals surface area contributed by atoms with E-state index in [1.807, 2.05) is 36.4 Å². The van der Waals surface area contributed by atoms with Gasteiger partial charge in [-0.15, -0.1) is 0 Å². The Labute approximate surface area is 173 Å². The van der Waals surface area contributed by atoms with E-state index in [9.17, 15) is 0 Å². The van der Waals surface area contributed by atoms with Gasteiger partial charge in [-0.05, 0) is 36.2 Å². The second-order valence-electron chi connectivity index (χ2n) is 6.29. The number of ether oxygens (including phenoxy) is 4. The average Bonchev–Trinajstić information content (AvgIpc) is 2.77. The molecule has 0 aliphatic carbocycles. The molecule has 2 aromatic rings. The van der Waals surface area contributed by atoms with Crippen LogP contribution in [0.4, 0.5) is 0 Å². The lowest BCUT2D eigenvalue weighted by Crippen LogP contribution is -2.36. The molecule has 158 valence electrons. The van der Waals surface area contributed by atoms with Crippen molar-refractivity contribution in [2.24, 2.45) is 4.99 Å². The van der Waals surface area contributed by atoms with E-state index in [1.165, 1.54) is 0 Å². The van der Waals surface area contributed by atoms with Gasteiger partial charge in [-0.2, -0.15) is 0 Å². The smallest absolute Gasteiger partial charge is 0.191 e.